The lowest BCUT2D eigenvalue weighted by Gasteiger charge is -2.03. The molecule has 0 spiro atoms. The smallest absolute Gasteiger partial charge is 0.261 e. The number of hydrogen-bond donors (Lipinski definition) is 1. The van der Waals surface area contributed by atoms with E-state index in [1.54, 1.807) is 24.1 Å². The fraction of sp³-hybridized carbons (Fsp3) is 0.0952. The molecule has 0 saturated carbocycles. The van der Waals surface area contributed by atoms with Crippen LogP contribution in [0.4, 0.5) is 0 Å². The lowest BCUT2D eigenvalue weighted by Crippen LogP contribution is -2.19. The van der Waals surface area contributed by atoms with Crippen molar-refractivity contribution in [2.45, 2.75) is 0 Å². The summed E-state index contributed by atoms with van der Waals surface area (Å²) in [5, 5.41) is 16.5. The molecule has 134 valence electrons. The largest absolute Gasteiger partial charge is 0.497 e. The number of benzene rings is 2. The molecule has 1 N–H and O–H groups in total. The van der Waals surface area contributed by atoms with Crippen molar-refractivity contribution in [3.8, 4) is 28.8 Å². The van der Waals surface area contributed by atoms with Crippen molar-refractivity contribution in [1.29, 1.82) is 5.26 Å². The molecular weight excluding hydrogens is 340 g/mol. The van der Waals surface area contributed by atoms with Gasteiger partial charge in [0.2, 0.25) is 0 Å². The quantitative estimate of drug-likeness (QED) is 0.561. The van der Waals surface area contributed by atoms with Crippen LogP contribution < -0.4 is 10.1 Å². The van der Waals surface area contributed by atoms with Gasteiger partial charge in [0.1, 0.15) is 17.4 Å². The van der Waals surface area contributed by atoms with Crippen molar-refractivity contribution in [1.82, 2.24) is 15.1 Å². The Morgan fingerprint density at radius 1 is 1.19 bits per heavy atom. The van der Waals surface area contributed by atoms with E-state index in [1.807, 2.05) is 60.7 Å². The first kappa shape index (κ1) is 18.0. The predicted molar refractivity (Wildman–Crippen MR) is 103 cm³/mol. The molecule has 0 atom stereocenters. The van der Waals surface area contributed by atoms with Crippen molar-refractivity contribution in [2.24, 2.45) is 0 Å². The van der Waals surface area contributed by atoms with Crippen LogP contribution in [-0.4, -0.2) is 29.8 Å². The minimum absolute atomic E-state index is 0.0138. The molecule has 3 rings (SSSR count). The fourth-order valence-corrected chi connectivity index (χ4v) is 2.62. The molecule has 0 fully saturated rings. The van der Waals surface area contributed by atoms with Gasteiger partial charge in [-0.15, -0.1) is 0 Å². The maximum atomic E-state index is 11.9. The van der Waals surface area contributed by atoms with Crippen LogP contribution in [0, 0.1) is 11.3 Å². The third-order valence-electron chi connectivity index (χ3n) is 4.02. The molecule has 27 heavy (non-hydrogen) atoms. The van der Waals surface area contributed by atoms with Gasteiger partial charge in [-0.2, -0.15) is 10.4 Å². The van der Waals surface area contributed by atoms with Gasteiger partial charge < -0.3 is 10.1 Å². The molecule has 6 nitrogen and oxygen atoms in total. The van der Waals surface area contributed by atoms with Crippen LogP contribution in [0.3, 0.4) is 0 Å². The van der Waals surface area contributed by atoms with Crippen LogP contribution in [0.15, 0.2) is 66.4 Å². The summed E-state index contributed by atoms with van der Waals surface area (Å²) in [5.41, 5.74) is 3.08. The minimum atomic E-state index is -0.439. The van der Waals surface area contributed by atoms with Gasteiger partial charge in [0, 0.05) is 24.4 Å². The van der Waals surface area contributed by atoms with Crippen LogP contribution in [0.25, 0.3) is 23.0 Å². The van der Waals surface area contributed by atoms with Crippen LogP contribution in [-0.2, 0) is 4.79 Å². The number of hydrogen-bond acceptors (Lipinski definition) is 4. The summed E-state index contributed by atoms with van der Waals surface area (Å²) < 4.78 is 6.93. The molecule has 6 heteroatoms. The zero-order chi connectivity index (χ0) is 19.2. The Balaban J connectivity index is 2.14. The highest BCUT2D eigenvalue weighted by Crippen LogP contribution is 2.27. The standard InChI is InChI=1S/C21H18N4O2/c1-23-21(26)16(13-22)12-17-14-25(18-6-4-3-5-7-18)24-20(17)15-8-10-19(27-2)11-9-15/h3-12,14H,1-2H3,(H,23,26). The number of carbonyl (C=O) groups excluding carboxylic acids is 1. The number of nitriles is 1. The van der Waals surface area contributed by atoms with Gasteiger partial charge in [-0.05, 0) is 42.5 Å². The topological polar surface area (TPSA) is 79.9 Å². The molecule has 1 heterocycles. The second-order valence-corrected chi connectivity index (χ2v) is 5.69. The molecule has 1 aromatic heterocycles. The molecule has 0 unspecified atom stereocenters. The third kappa shape index (κ3) is 3.88. The number of likely N-dealkylation sites (N-methyl/N-ethyl adjacent to an activating group) is 1. The highest BCUT2D eigenvalue weighted by atomic mass is 16.5. The SMILES string of the molecule is CNC(=O)C(C#N)=Cc1cn(-c2ccccc2)nc1-c1ccc(OC)cc1. The summed E-state index contributed by atoms with van der Waals surface area (Å²) in [4.78, 5) is 11.9. The second-order valence-electron chi connectivity index (χ2n) is 5.69. The Kier molecular flexibility index (Phi) is 5.33. The summed E-state index contributed by atoms with van der Waals surface area (Å²) in [6.45, 7) is 0. The van der Waals surface area contributed by atoms with Gasteiger partial charge in [-0.25, -0.2) is 4.68 Å². The van der Waals surface area contributed by atoms with Crippen molar-refractivity contribution in [3.63, 3.8) is 0 Å². The van der Waals surface area contributed by atoms with E-state index in [9.17, 15) is 10.1 Å². The lowest BCUT2D eigenvalue weighted by molar-refractivity contribution is -0.116. The summed E-state index contributed by atoms with van der Waals surface area (Å²) >= 11 is 0. The van der Waals surface area contributed by atoms with E-state index in [0.29, 0.717) is 11.3 Å². The lowest BCUT2D eigenvalue weighted by atomic mass is 10.1. The van der Waals surface area contributed by atoms with Gasteiger partial charge in [0.15, 0.2) is 0 Å². The van der Waals surface area contributed by atoms with E-state index in [4.69, 9.17) is 4.74 Å². The molecule has 0 aliphatic rings. The predicted octanol–water partition coefficient (Wildman–Crippen LogP) is 3.20. The third-order valence-corrected chi connectivity index (χ3v) is 4.02. The monoisotopic (exact) mass is 358 g/mol. The number of para-hydroxylation sites is 1. The van der Waals surface area contributed by atoms with Crippen LogP contribution in [0.5, 0.6) is 5.75 Å². The number of carbonyl (C=O) groups is 1. The summed E-state index contributed by atoms with van der Waals surface area (Å²) in [6.07, 6.45) is 3.35. The van der Waals surface area contributed by atoms with Gasteiger partial charge in [-0.1, -0.05) is 18.2 Å². The number of aromatic nitrogens is 2. The average Bonchev–Trinajstić information content (AvgIpc) is 3.16. The summed E-state index contributed by atoms with van der Waals surface area (Å²) in [7, 11) is 3.10. The van der Waals surface area contributed by atoms with E-state index in [-0.39, 0.29) is 5.57 Å². The molecule has 2 aromatic carbocycles. The Bertz CT molecular complexity index is 1010. The number of nitrogens with zero attached hydrogens (tertiary/aromatic N) is 3. The molecule has 1 amide bonds. The normalized spacial score (nSPS) is 10.9. The van der Waals surface area contributed by atoms with Crippen molar-refractivity contribution >= 4 is 12.0 Å². The van der Waals surface area contributed by atoms with Gasteiger partial charge in [-0.3, -0.25) is 4.79 Å². The van der Waals surface area contributed by atoms with Gasteiger partial charge in [0.25, 0.3) is 5.91 Å². The van der Waals surface area contributed by atoms with E-state index >= 15 is 0 Å². The number of ether oxygens (including phenoxy) is 1. The number of amides is 1. The van der Waals surface area contributed by atoms with Crippen LogP contribution in [0.1, 0.15) is 5.56 Å². The van der Waals surface area contributed by atoms with E-state index < -0.39 is 5.91 Å². The van der Waals surface area contributed by atoms with Crippen molar-refractivity contribution in [3.05, 3.63) is 71.9 Å². The Morgan fingerprint density at radius 2 is 1.89 bits per heavy atom. The number of rotatable bonds is 5. The maximum absolute atomic E-state index is 11.9. The number of methoxy groups -OCH3 is 1. The molecule has 0 bridgehead atoms. The second kappa shape index (κ2) is 8.02. The van der Waals surface area contributed by atoms with Crippen LogP contribution in [0.2, 0.25) is 0 Å². The molecule has 0 aliphatic carbocycles. The van der Waals surface area contributed by atoms with Gasteiger partial charge >= 0.3 is 0 Å². The fourth-order valence-electron chi connectivity index (χ4n) is 2.62. The molecular formula is C21H18N4O2. The van der Waals surface area contributed by atoms with Crippen LogP contribution >= 0.6 is 0 Å². The Morgan fingerprint density at radius 3 is 2.48 bits per heavy atom. The average molecular weight is 358 g/mol. The number of nitrogens with one attached hydrogen (secondary N) is 1. The van der Waals surface area contributed by atoms with Crippen molar-refractivity contribution in [2.75, 3.05) is 14.2 Å². The Labute approximate surface area is 157 Å². The molecule has 0 saturated heterocycles. The molecule has 0 radical (unpaired) electrons. The summed E-state index contributed by atoms with van der Waals surface area (Å²) in [6, 6.07) is 19.0. The first-order chi connectivity index (χ1) is 13.2. The first-order valence-corrected chi connectivity index (χ1v) is 8.29. The van der Waals surface area contributed by atoms with Crippen molar-refractivity contribution < 1.29 is 9.53 Å². The van der Waals surface area contributed by atoms with E-state index in [2.05, 4.69) is 10.4 Å². The molecule has 0 aliphatic heterocycles. The molecule has 3 aromatic rings. The maximum Gasteiger partial charge on any atom is 0.261 e. The Hall–Kier alpha value is -3.85. The summed E-state index contributed by atoms with van der Waals surface area (Å²) in [5.74, 6) is 0.298. The zero-order valence-corrected chi connectivity index (χ0v) is 15.0. The highest BCUT2D eigenvalue weighted by molar-refractivity contribution is 6.02. The highest BCUT2D eigenvalue weighted by Gasteiger charge is 2.14. The minimum Gasteiger partial charge on any atom is -0.497 e. The first-order valence-electron chi connectivity index (χ1n) is 8.29. The zero-order valence-electron chi connectivity index (χ0n) is 15.0. The van der Waals surface area contributed by atoms with E-state index in [1.165, 1.54) is 7.05 Å². The van der Waals surface area contributed by atoms with E-state index in [0.717, 1.165) is 17.0 Å². The van der Waals surface area contributed by atoms with Gasteiger partial charge in [0.05, 0.1) is 18.5 Å².